The average molecular weight is 1190 g/mol. The smallest absolute Gasteiger partial charge is 0.251 e. The topological polar surface area (TPSA) is 161 Å². The molecule has 5 N–H and O–H groups in total. The first-order valence-corrected chi connectivity index (χ1v) is 31.8. The van der Waals surface area contributed by atoms with Gasteiger partial charge in [0.25, 0.3) is 5.91 Å². The van der Waals surface area contributed by atoms with Crippen LogP contribution in [0, 0.1) is 51.3 Å². The Morgan fingerprint density at radius 3 is 2.26 bits per heavy atom. The molecule has 0 bridgehead atoms. The number of fused-ring (bicyclic) bond motifs is 3. The van der Waals surface area contributed by atoms with E-state index in [4.69, 9.17) is 16.6 Å². The lowest BCUT2D eigenvalue weighted by atomic mass is 9.56. The van der Waals surface area contributed by atoms with Gasteiger partial charge in [-0.15, -0.1) is 21.5 Å². The predicted octanol–water partition coefficient (Wildman–Crippen LogP) is 12.3. The fourth-order valence-electron chi connectivity index (χ4n) is 14.8. The van der Waals surface area contributed by atoms with Crippen LogP contribution < -0.4 is 26.6 Å². The summed E-state index contributed by atoms with van der Waals surface area (Å²) in [5.74, 6) is 0.180. The molecule has 452 valence electrons. The minimum atomic E-state index is -0.735. The van der Waals surface area contributed by atoms with Crippen LogP contribution in [-0.4, -0.2) is 119 Å². The molecule has 6 aromatic rings. The Labute approximate surface area is 511 Å². The van der Waals surface area contributed by atoms with Crippen LogP contribution >= 0.6 is 22.9 Å². The van der Waals surface area contributed by atoms with Crippen molar-refractivity contribution in [3.63, 3.8) is 0 Å². The molecule has 85 heavy (non-hydrogen) atoms. The molecule has 3 aliphatic heterocycles. The molecule has 1 saturated carbocycles. The largest absolute Gasteiger partial charge is 0.388 e. The number of carbonyl (C=O) groups excluding carboxylic acids is 3. The standard InChI is InChI=1S/C68H87ClFN11O3S/c1-42-19-28-52(53(37-42)71-11)67(10)57(51-18-15-17-43(2)58(51)70)60(76-68(67)29-13-12-14-30-68)63(84)74-50-26-22-48(23-27-50)62(83)73-40-65(6,7)39-66(8,9)41-80-35-33-79(34-36-80)32-16-31-72-55(82)38-54-61-78-77-46(5)81(61)64-56(44(3)45(4)85-64)59(75-54)47-20-24-49(69)25-21-47/h15,17-28,37,54,57,60,71,76H,12-14,16,29-36,38-41H2,1-11H3,(H,72,82)(H,73,83)(H,74,84)/t54?,57-,60?,67?/m1/s1. The van der Waals surface area contributed by atoms with Crippen molar-refractivity contribution >= 4 is 57.7 Å². The summed E-state index contributed by atoms with van der Waals surface area (Å²) in [4.78, 5) is 53.7. The monoisotopic (exact) mass is 1190 g/mol. The molecule has 4 aliphatic rings. The summed E-state index contributed by atoms with van der Waals surface area (Å²) in [6.07, 6.45) is 6.81. The molecule has 17 heteroatoms. The fourth-order valence-corrected chi connectivity index (χ4v) is 16.1. The number of nitrogens with zero attached hydrogens (tertiary/aromatic N) is 6. The molecule has 3 amide bonds. The van der Waals surface area contributed by atoms with Gasteiger partial charge in [-0.05, 0) is 148 Å². The first-order valence-electron chi connectivity index (χ1n) is 30.6. The number of halogens is 2. The molecule has 1 spiro atoms. The maximum atomic E-state index is 16.6. The average Bonchev–Trinajstić information content (AvgIpc) is 1.59. The summed E-state index contributed by atoms with van der Waals surface area (Å²) < 4.78 is 18.7. The second-order valence-electron chi connectivity index (χ2n) is 26.4. The zero-order valence-corrected chi connectivity index (χ0v) is 53.3. The molecular weight excluding hydrogens is 1110 g/mol. The van der Waals surface area contributed by atoms with Gasteiger partial charge in [-0.3, -0.25) is 29.3 Å². The molecule has 3 fully saturated rings. The Kier molecular flexibility index (Phi) is 18.3. The number of anilines is 2. The second-order valence-corrected chi connectivity index (χ2v) is 28.0. The number of nitrogens with one attached hydrogen (secondary N) is 5. The molecule has 4 atom stereocenters. The SMILES string of the molecule is CNc1cc(C)ccc1C1(C)[C@H](c2cccc(C)c2F)C(C(=O)Nc2ccc(C(=O)NCC(C)(C)CC(C)(C)CN3CCN(CCCNC(=O)CC4N=C(c5ccc(Cl)cc5)c5c(sc(C)c5C)-n5c(C)nnc54)CC3)cc2)NC12CCCCC2. The minimum absolute atomic E-state index is 0.00538. The van der Waals surface area contributed by atoms with Gasteiger partial charge in [0.1, 0.15) is 22.7 Å². The van der Waals surface area contributed by atoms with E-state index < -0.39 is 29.0 Å². The van der Waals surface area contributed by atoms with Crippen LogP contribution in [0.3, 0.4) is 0 Å². The van der Waals surface area contributed by atoms with Crippen LogP contribution in [0.5, 0.6) is 0 Å². The van der Waals surface area contributed by atoms with E-state index in [9.17, 15) is 14.4 Å². The van der Waals surface area contributed by atoms with Crippen molar-refractivity contribution in [1.82, 2.24) is 40.5 Å². The number of hydrogen-bond acceptors (Lipinski definition) is 11. The summed E-state index contributed by atoms with van der Waals surface area (Å²) in [6, 6.07) is 25.6. The molecule has 5 heterocycles. The maximum Gasteiger partial charge on any atom is 0.251 e. The van der Waals surface area contributed by atoms with Crippen LogP contribution in [0.15, 0.2) is 89.9 Å². The molecule has 0 radical (unpaired) electrons. The number of aliphatic imine (C=N–C) groups is 1. The van der Waals surface area contributed by atoms with Gasteiger partial charge < -0.3 is 31.1 Å². The zero-order valence-electron chi connectivity index (χ0n) is 51.7. The van der Waals surface area contributed by atoms with Crippen LogP contribution in [-0.2, 0) is 15.0 Å². The maximum absolute atomic E-state index is 16.6. The number of hydrogen-bond donors (Lipinski definition) is 5. The summed E-state index contributed by atoms with van der Waals surface area (Å²) in [7, 11) is 1.93. The van der Waals surface area contributed by atoms with E-state index in [1.54, 1.807) is 48.6 Å². The lowest BCUT2D eigenvalue weighted by Gasteiger charge is -2.49. The molecule has 10 rings (SSSR count). The number of amides is 3. The van der Waals surface area contributed by atoms with Gasteiger partial charge >= 0.3 is 0 Å². The van der Waals surface area contributed by atoms with Gasteiger partial charge in [0.15, 0.2) is 5.82 Å². The number of aryl methyl sites for hydroxylation is 4. The number of benzene rings is 4. The van der Waals surface area contributed by atoms with E-state index in [2.05, 4.69) is 125 Å². The van der Waals surface area contributed by atoms with E-state index >= 15 is 4.39 Å². The third kappa shape index (κ3) is 12.9. The fraction of sp³-hybridized carbons (Fsp3) is 0.500. The van der Waals surface area contributed by atoms with E-state index in [-0.39, 0.29) is 40.8 Å². The highest BCUT2D eigenvalue weighted by Crippen LogP contribution is 2.60. The number of rotatable bonds is 19. The van der Waals surface area contributed by atoms with E-state index in [1.165, 1.54) is 4.88 Å². The number of thiophene rings is 1. The molecule has 4 aromatic carbocycles. The van der Waals surface area contributed by atoms with Crippen molar-refractivity contribution < 1.29 is 18.8 Å². The molecular formula is C68H87ClFN11O3S. The van der Waals surface area contributed by atoms with Crippen LogP contribution in [0.25, 0.3) is 5.00 Å². The van der Waals surface area contributed by atoms with Gasteiger partial charge in [-0.25, -0.2) is 4.39 Å². The highest BCUT2D eigenvalue weighted by molar-refractivity contribution is 7.15. The zero-order chi connectivity index (χ0) is 60.6. The molecule has 14 nitrogen and oxygen atoms in total. The first kappa shape index (κ1) is 61.8. The summed E-state index contributed by atoms with van der Waals surface area (Å²) in [5.41, 5.74) is 8.06. The van der Waals surface area contributed by atoms with Gasteiger partial charge in [-0.2, -0.15) is 0 Å². The minimum Gasteiger partial charge on any atom is -0.388 e. The Morgan fingerprint density at radius 1 is 0.847 bits per heavy atom. The van der Waals surface area contributed by atoms with Crippen molar-refractivity contribution in [2.75, 3.05) is 70.0 Å². The van der Waals surface area contributed by atoms with Crippen molar-refractivity contribution in [2.45, 2.75) is 150 Å². The Bertz CT molecular complexity index is 3450. The Morgan fingerprint density at radius 2 is 1.55 bits per heavy atom. The quantitative estimate of drug-likeness (QED) is 0.0497. The lowest BCUT2D eigenvalue weighted by Crippen LogP contribution is -2.56. The normalized spacial score (nSPS) is 20.8. The number of piperazine rings is 1. The third-order valence-corrected chi connectivity index (χ3v) is 20.3. The second kappa shape index (κ2) is 25.2. The molecule has 1 aliphatic carbocycles. The molecule has 2 saturated heterocycles. The van der Waals surface area contributed by atoms with Crippen molar-refractivity contribution in [3.8, 4) is 5.00 Å². The summed E-state index contributed by atoms with van der Waals surface area (Å²) in [5, 5.41) is 27.6. The summed E-state index contributed by atoms with van der Waals surface area (Å²) in [6.45, 7) is 28.2. The van der Waals surface area contributed by atoms with Crippen molar-refractivity contribution in [2.24, 2.45) is 15.8 Å². The lowest BCUT2D eigenvalue weighted by molar-refractivity contribution is -0.121. The predicted molar refractivity (Wildman–Crippen MR) is 343 cm³/mol. The molecule has 2 aromatic heterocycles. The number of carbonyl (C=O) groups is 3. The molecule has 3 unspecified atom stereocenters. The van der Waals surface area contributed by atoms with Gasteiger partial charge in [-0.1, -0.05) is 108 Å². The van der Waals surface area contributed by atoms with Crippen LogP contribution in [0.4, 0.5) is 15.8 Å². The Balaban J connectivity index is 0.692. The summed E-state index contributed by atoms with van der Waals surface area (Å²) >= 11 is 8.00. The van der Waals surface area contributed by atoms with Crippen LogP contribution in [0.2, 0.25) is 5.02 Å². The van der Waals surface area contributed by atoms with Crippen molar-refractivity contribution in [1.29, 1.82) is 0 Å². The van der Waals surface area contributed by atoms with Crippen molar-refractivity contribution in [3.05, 3.63) is 157 Å². The Hall–Kier alpha value is -6.30. The van der Waals surface area contributed by atoms with Gasteiger partial charge in [0.2, 0.25) is 11.8 Å². The van der Waals surface area contributed by atoms with E-state index in [0.29, 0.717) is 46.3 Å². The van der Waals surface area contributed by atoms with E-state index in [1.807, 2.05) is 50.4 Å². The van der Waals surface area contributed by atoms with Gasteiger partial charge in [0, 0.05) is 108 Å². The highest BCUT2D eigenvalue weighted by Gasteiger charge is 2.64. The van der Waals surface area contributed by atoms with Crippen LogP contribution in [0.1, 0.15) is 164 Å². The highest BCUT2D eigenvalue weighted by atomic mass is 35.5. The van der Waals surface area contributed by atoms with E-state index in [0.717, 1.165) is 134 Å². The first-order chi connectivity index (χ1) is 40.5. The third-order valence-electron chi connectivity index (χ3n) is 18.9. The number of aromatic nitrogens is 3. The van der Waals surface area contributed by atoms with Gasteiger partial charge in [0.05, 0.1) is 18.2 Å².